The molecule has 0 fully saturated rings. The molecule has 0 spiro atoms. The van der Waals surface area contributed by atoms with Crippen molar-refractivity contribution in [1.82, 2.24) is 9.80 Å². The first-order valence-corrected chi connectivity index (χ1v) is 14.2. The quantitative estimate of drug-likeness (QED) is 0.417. The van der Waals surface area contributed by atoms with Crippen LogP contribution in [0.1, 0.15) is 60.8 Å². The molecule has 2 heterocycles. The van der Waals surface area contributed by atoms with Crippen molar-refractivity contribution in [1.29, 1.82) is 0 Å². The molecule has 0 radical (unpaired) electrons. The molecule has 0 saturated carbocycles. The summed E-state index contributed by atoms with van der Waals surface area (Å²) in [5, 5.41) is 0. The molecule has 0 aliphatic carbocycles. The fourth-order valence-corrected chi connectivity index (χ4v) is 5.83. The monoisotopic (exact) mass is 495 g/mol. The van der Waals surface area contributed by atoms with E-state index in [4.69, 9.17) is 0 Å². The molecule has 0 bridgehead atoms. The Morgan fingerprint density at radius 1 is 0.622 bits per heavy atom. The van der Waals surface area contributed by atoms with Gasteiger partial charge in [-0.15, -0.1) is 0 Å². The molecule has 4 heteroatoms. The second-order valence-electron chi connectivity index (χ2n) is 10.7. The highest BCUT2D eigenvalue weighted by Crippen LogP contribution is 2.26. The Bertz CT molecular complexity index is 1150. The van der Waals surface area contributed by atoms with Crippen LogP contribution in [-0.2, 0) is 30.8 Å². The van der Waals surface area contributed by atoms with Crippen molar-refractivity contribution in [3.05, 3.63) is 101 Å². The molecule has 4 nitrogen and oxygen atoms in total. The lowest BCUT2D eigenvalue weighted by Gasteiger charge is -2.32. The fourth-order valence-electron chi connectivity index (χ4n) is 5.83. The Morgan fingerprint density at radius 2 is 1.27 bits per heavy atom. The summed E-state index contributed by atoms with van der Waals surface area (Å²) < 4.78 is 0. The van der Waals surface area contributed by atoms with Gasteiger partial charge >= 0.3 is 0 Å². The highest BCUT2D eigenvalue weighted by Gasteiger charge is 2.23. The second-order valence-corrected chi connectivity index (χ2v) is 10.7. The highest BCUT2D eigenvalue weighted by atomic mass is 16.2. The average molecular weight is 496 g/mol. The van der Waals surface area contributed by atoms with E-state index < -0.39 is 0 Å². The van der Waals surface area contributed by atoms with Crippen molar-refractivity contribution >= 4 is 11.6 Å². The Morgan fingerprint density at radius 3 is 2.08 bits per heavy atom. The normalized spacial score (nSPS) is 17.6. The molecular formula is C33H41N3O. The molecular weight excluding hydrogens is 454 g/mol. The van der Waals surface area contributed by atoms with Gasteiger partial charge in [0.15, 0.2) is 0 Å². The zero-order valence-electron chi connectivity index (χ0n) is 22.2. The van der Waals surface area contributed by atoms with E-state index in [9.17, 15) is 4.79 Å². The van der Waals surface area contributed by atoms with E-state index >= 15 is 0 Å². The zero-order chi connectivity index (χ0) is 25.3. The fraction of sp³-hybridized carbons (Fsp3) is 0.424. The maximum absolute atomic E-state index is 13.7. The Balaban J connectivity index is 1.34. The Labute approximate surface area is 222 Å². The smallest absolute Gasteiger partial charge is 0.237 e. The van der Waals surface area contributed by atoms with E-state index in [1.807, 2.05) is 0 Å². The minimum atomic E-state index is 0.263. The van der Waals surface area contributed by atoms with Crippen LogP contribution in [0.4, 0.5) is 5.69 Å². The van der Waals surface area contributed by atoms with Crippen LogP contribution >= 0.6 is 0 Å². The number of nitrogens with zero attached hydrogens (tertiary/aromatic N) is 3. The van der Waals surface area contributed by atoms with Crippen LogP contribution in [0.5, 0.6) is 0 Å². The highest BCUT2D eigenvalue weighted by molar-refractivity contribution is 5.78. The van der Waals surface area contributed by atoms with Crippen LogP contribution in [-0.4, -0.2) is 41.9 Å². The number of fused-ring (bicyclic) bond motifs is 2. The number of benzene rings is 3. The molecule has 0 atom stereocenters. The minimum Gasteiger partial charge on any atom is -0.367 e. The van der Waals surface area contributed by atoms with Gasteiger partial charge < -0.3 is 9.80 Å². The molecule has 2 aliphatic heterocycles. The van der Waals surface area contributed by atoms with Gasteiger partial charge in [0, 0.05) is 45.0 Å². The molecule has 194 valence electrons. The average Bonchev–Trinajstić information content (AvgIpc) is 2.95. The van der Waals surface area contributed by atoms with Gasteiger partial charge in [-0.25, -0.2) is 0 Å². The zero-order valence-corrected chi connectivity index (χ0v) is 22.2. The van der Waals surface area contributed by atoms with Crippen LogP contribution in [0.3, 0.4) is 0 Å². The molecule has 0 unspecified atom stereocenters. The number of amides is 1. The van der Waals surface area contributed by atoms with E-state index in [0.29, 0.717) is 13.1 Å². The van der Waals surface area contributed by atoms with Crippen molar-refractivity contribution in [2.75, 3.05) is 31.1 Å². The van der Waals surface area contributed by atoms with Gasteiger partial charge in [-0.1, -0.05) is 98.5 Å². The predicted molar refractivity (Wildman–Crippen MR) is 152 cm³/mol. The van der Waals surface area contributed by atoms with Gasteiger partial charge in [0.25, 0.3) is 0 Å². The van der Waals surface area contributed by atoms with Crippen molar-refractivity contribution in [3.8, 4) is 0 Å². The molecule has 0 saturated heterocycles. The summed E-state index contributed by atoms with van der Waals surface area (Å²) in [6.45, 7) is 5.81. The summed E-state index contributed by atoms with van der Waals surface area (Å²) >= 11 is 0. The van der Waals surface area contributed by atoms with E-state index in [1.165, 1.54) is 60.0 Å². The third-order valence-corrected chi connectivity index (χ3v) is 7.94. The molecule has 2 aliphatic rings. The first-order chi connectivity index (χ1) is 18.3. The van der Waals surface area contributed by atoms with Crippen LogP contribution in [0.25, 0.3) is 0 Å². The van der Waals surface area contributed by atoms with Gasteiger partial charge in [-0.05, 0) is 47.6 Å². The minimum absolute atomic E-state index is 0.263. The van der Waals surface area contributed by atoms with E-state index in [0.717, 1.165) is 45.6 Å². The van der Waals surface area contributed by atoms with Crippen LogP contribution in [0, 0.1) is 0 Å². The molecule has 1 amide bonds. The lowest BCUT2D eigenvalue weighted by atomic mass is 10.00. The van der Waals surface area contributed by atoms with Crippen molar-refractivity contribution in [2.45, 2.75) is 64.6 Å². The van der Waals surface area contributed by atoms with E-state index in [-0.39, 0.29) is 5.91 Å². The summed E-state index contributed by atoms with van der Waals surface area (Å²) in [7, 11) is 0. The molecule has 0 N–H and O–H groups in total. The maximum atomic E-state index is 13.7. The number of hydrogen-bond donors (Lipinski definition) is 0. The summed E-state index contributed by atoms with van der Waals surface area (Å²) in [5.74, 6) is 0.263. The summed E-state index contributed by atoms with van der Waals surface area (Å²) in [4.78, 5) is 20.7. The van der Waals surface area contributed by atoms with Crippen LogP contribution < -0.4 is 4.90 Å². The number of carbonyl (C=O) groups is 1. The molecule has 37 heavy (non-hydrogen) atoms. The van der Waals surface area contributed by atoms with E-state index in [1.54, 1.807) is 0 Å². The summed E-state index contributed by atoms with van der Waals surface area (Å²) in [6, 6.07) is 28.2. The number of carbonyl (C=O) groups excluding carboxylic acids is 1. The molecule has 3 aromatic rings. The lowest BCUT2D eigenvalue weighted by molar-refractivity contribution is -0.133. The largest absolute Gasteiger partial charge is 0.367 e. The van der Waals surface area contributed by atoms with Crippen LogP contribution in [0.2, 0.25) is 0 Å². The number of rotatable bonds is 4. The standard InChI is InChI=1S/C33H41N3O/c37-33(27-34-23-20-29-16-8-9-17-30(29)25-34)36-22-13-4-2-1-3-12-21-35(24-28-14-6-5-7-15-28)32-19-11-10-18-31(32)26-36/h5-11,14-19H,1-4,12-13,20-27H2. The maximum Gasteiger partial charge on any atom is 0.237 e. The summed E-state index contributed by atoms with van der Waals surface area (Å²) in [5.41, 5.74) is 6.67. The van der Waals surface area contributed by atoms with Gasteiger partial charge in [-0.3, -0.25) is 9.69 Å². The number of hydrogen-bond acceptors (Lipinski definition) is 3. The number of anilines is 1. The van der Waals surface area contributed by atoms with Gasteiger partial charge in [0.1, 0.15) is 0 Å². The lowest BCUT2D eigenvalue weighted by Crippen LogP contribution is -2.42. The van der Waals surface area contributed by atoms with Crippen molar-refractivity contribution in [2.24, 2.45) is 0 Å². The van der Waals surface area contributed by atoms with E-state index in [2.05, 4.69) is 93.6 Å². The third kappa shape index (κ3) is 7.01. The first kappa shape index (κ1) is 25.5. The molecule has 0 aromatic heterocycles. The third-order valence-electron chi connectivity index (χ3n) is 7.94. The van der Waals surface area contributed by atoms with Crippen LogP contribution in [0.15, 0.2) is 78.9 Å². The van der Waals surface area contributed by atoms with Gasteiger partial charge in [0.2, 0.25) is 5.91 Å². The predicted octanol–water partition coefficient (Wildman–Crippen LogP) is 6.43. The van der Waals surface area contributed by atoms with Crippen molar-refractivity contribution < 1.29 is 4.79 Å². The molecule has 5 rings (SSSR count). The second kappa shape index (κ2) is 12.9. The SMILES string of the molecule is O=C(CN1CCc2ccccc2C1)N1CCCCCCCCN(Cc2ccccc2)c2ccccc2C1. The summed E-state index contributed by atoms with van der Waals surface area (Å²) in [6.07, 6.45) is 8.34. The van der Waals surface area contributed by atoms with Crippen molar-refractivity contribution in [3.63, 3.8) is 0 Å². The first-order valence-electron chi connectivity index (χ1n) is 14.2. The Hall–Kier alpha value is -3.11. The molecule has 3 aromatic carbocycles. The van der Waals surface area contributed by atoms with Gasteiger partial charge in [0.05, 0.1) is 6.54 Å². The topological polar surface area (TPSA) is 26.8 Å². The Kier molecular flexibility index (Phi) is 8.91. The van der Waals surface area contributed by atoms with Gasteiger partial charge in [-0.2, -0.15) is 0 Å². The number of para-hydroxylation sites is 1.